The van der Waals surface area contributed by atoms with Gasteiger partial charge in [0.1, 0.15) is 18.5 Å². The first-order chi connectivity index (χ1) is 15.0. The lowest BCUT2D eigenvalue weighted by Gasteiger charge is -2.20. The Kier molecular flexibility index (Phi) is 7.75. The number of amides is 2. The molecule has 0 aromatic heterocycles. The Balaban J connectivity index is 1.78. The highest BCUT2D eigenvalue weighted by Gasteiger charge is 2.26. The fourth-order valence-corrected chi connectivity index (χ4v) is 3.23. The number of hydrogen-bond acceptors (Lipinski definition) is 4. The van der Waals surface area contributed by atoms with E-state index in [0.29, 0.717) is 16.7 Å². The van der Waals surface area contributed by atoms with Crippen molar-refractivity contribution in [2.45, 2.75) is 19.2 Å². The maximum absolute atomic E-state index is 14.6. The molecule has 0 aliphatic rings. The first-order valence-electron chi connectivity index (χ1n) is 9.48. The smallest absolute Gasteiger partial charge is 0.408 e. The standard InChI is InChI=1S/C23H21BrFN3O3/c24-17-9-10-19(20(25)12-17)21(22(29)27-18-8-4-7-16(11-18)13-26)28-23(30)31-14-15-5-2-1-3-6-15/h1-12,21H,13-14,26H2,(H,27,29)(H,28,30)/t21-/m1/s1. The molecule has 0 aliphatic heterocycles. The zero-order valence-corrected chi connectivity index (χ0v) is 18.1. The van der Waals surface area contributed by atoms with Gasteiger partial charge in [0.25, 0.3) is 5.91 Å². The molecule has 8 heteroatoms. The van der Waals surface area contributed by atoms with Gasteiger partial charge in [-0.05, 0) is 35.4 Å². The van der Waals surface area contributed by atoms with E-state index in [1.165, 1.54) is 12.1 Å². The van der Waals surface area contributed by atoms with Crippen LogP contribution in [0.1, 0.15) is 22.7 Å². The van der Waals surface area contributed by atoms with Crippen molar-refractivity contribution >= 4 is 33.6 Å². The van der Waals surface area contributed by atoms with Crippen LogP contribution in [0.15, 0.2) is 77.3 Å². The molecule has 0 unspecified atom stereocenters. The van der Waals surface area contributed by atoms with Crippen molar-refractivity contribution in [2.75, 3.05) is 5.32 Å². The molecule has 0 spiro atoms. The van der Waals surface area contributed by atoms with E-state index in [9.17, 15) is 14.0 Å². The van der Waals surface area contributed by atoms with Crippen LogP contribution >= 0.6 is 15.9 Å². The first kappa shape index (κ1) is 22.5. The SMILES string of the molecule is NCc1cccc(NC(=O)[C@H](NC(=O)OCc2ccccc2)c2ccc(Br)cc2F)c1. The Morgan fingerprint density at radius 2 is 1.74 bits per heavy atom. The summed E-state index contributed by atoms with van der Waals surface area (Å²) >= 11 is 3.19. The fraction of sp³-hybridized carbons (Fsp3) is 0.130. The van der Waals surface area contributed by atoms with Gasteiger partial charge in [0, 0.05) is 22.3 Å². The van der Waals surface area contributed by atoms with Crippen molar-refractivity contribution in [1.82, 2.24) is 5.32 Å². The zero-order chi connectivity index (χ0) is 22.2. The summed E-state index contributed by atoms with van der Waals surface area (Å²) < 4.78 is 20.3. The molecule has 0 saturated heterocycles. The highest BCUT2D eigenvalue weighted by molar-refractivity contribution is 9.10. The molecule has 0 saturated carbocycles. The molecular weight excluding hydrogens is 465 g/mol. The quantitative estimate of drug-likeness (QED) is 0.453. The maximum Gasteiger partial charge on any atom is 0.408 e. The van der Waals surface area contributed by atoms with Gasteiger partial charge in [-0.2, -0.15) is 0 Å². The maximum atomic E-state index is 14.6. The topological polar surface area (TPSA) is 93.5 Å². The normalized spacial score (nSPS) is 11.5. The highest BCUT2D eigenvalue weighted by atomic mass is 79.9. The van der Waals surface area contributed by atoms with Crippen molar-refractivity contribution in [3.63, 3.8) is 0 Å². The fourth-order valence-electron chi connectivity index (χ4n) is 2.89. The second kappa shape index (κ2) is 10.7. The molecular formula is C23H21BrFN3O3. The van der Waals surface area contributed by atoms with Crippen molar-refractivity contribution < 1.29 is 18.7 Å². The molecule has 4 N–H and O–H groups in total. The Hall–Kier alpha value is -3.23. The summed E-state index contributed by atoms with van der Waals surface area (Å²) in [5.41, 5.74) is 7.73. The van der Waals surface area contributed by atoms with E-state index in [4.69, 9.17) is 10.5 Å². The molecule has 31 heavy (non-hydrogen) atoms. The molecule has 0 radical (unpaired) electrons. The average Bonchev–Trinajstić information content (AvgIpc) is 2.77. The number of nitrogens with one attached hydrogen (secondary N) is 2. The van der Waals surface area contributed by atoms with E-state index in [-0.39, 0.29) is 12.2 Å². The van der Waals surface area contributed by atoms with Crippen LogP contribution in [0.4, 0.5) is 14.9 Å². The predicted octanol–water partition coefficient (Wildman–Crippen LogP) is 4.65. The number of ether oxygens (including phenoxy) is 1. The number of benzene rings is 3. The van der Waals surface area contributed by atoms with Crippen LogP contribution in [0, 0.1) is 5.82 Å². The van der Waals surface area contributed by atoms with Crippen molar-refractivity contribution in [3.8, 4) is 0 Å². The van der Waals surface area contributed by atoms with Crippen LogP contribution in [-0.4, -0.2) is 12.0 Å². The molecule has 1 atom stereocenters. The van der Waals surface area contributed by atoms with Gasteiger partial charge in [0.15, 0.2) is 0 Å². The Labute approximate surface area is 187 Å². The number of carbonyl (C=O) groups excluding carboxylic acids is 2. The molecule has 0 heterocycles. The van der Waals surface area contributed by atoms with E-state index in [2.05, 4.69) is 26.6 Å². The Bertz CT molecular complexity index is 1060. The van der Waals surface area contributed by atoms with Crippen LogP contribution in [0.25, 0.3) is 0 Å². The summed E-state index contributed by atoms with van der Waals surface area (Å²) in [4.78, 5) is 25.3. The summed E-state index contributed by atoms with van der Waals surface area (Å²) in [6.07, 6.45) is -0.845. The van der Waals surface area contributed by atoms with E-state index in [1.807, 2.05) is 24.3 Å². The lowest BCUT2D eigenvalue weighted by molar-refractivity contribution is -0.118. The monoisotopic (exact) mass is 485 g/mol. The second-order valence-electron chi connectivity index (χ2n) is 6.70. The summed E-state index contributed by atoms with van der Waals surface area (Å²) in [5, 5.41) is 5.15. The number of nitrogens with two attached hydrogens (primary N) is 1. The molecule has 3 rings (SSSR count). The Morgan fingerprint density at radius 3 is 2.45 bits per heavy atom. The van der Waals surface area contributed by atoms with Gasteiger partial charge >= 0.3 is 6.09 Å². The van der Waals surface area contributed by atoms with Crippen LogP contribution in [0.2, 0.25) is 0 Å². The summed E-state index contributed by atoms with van der Waals surface area (Å²) in [6.45, 7) is 0.320. The molecule has 160 valence electrons. The number of alkyl carbamates (subject to hydrolysis) is 1. The minimum atomic E-state index is -1.31. The first-order valence-corrected chi connectivity index (χ1v) is 10.3. The highest BCUT2D eigenvalue weighted by Crippen LogP contribution is 2.23. The molecule has 0 bridgehead atoms. The third kappa shape index (κ3) is 6.37. The van der Waals surface area contributed by atoms with E-state index >= 15 is 0 Å². The van der Waals surface area contributed by atoms with Gasteiger partial charge < -0.3 is 21.1 Å². The third-order valence-corrected chi connectivity index (χ3v) is 4.93. The number of halogens is 2. The van der Waals surface area contributed by atoms with Crippen LogP contribution in [0.3, 0.4) is 0 Å². The van der Waals surface area contributed by atoms with Gasteiger partial charge in [-0.15, -0.1) is 0 Å². The molecule has 3 aromatic rings. The largest absolute Gasteiger partial charge is 0.445 e. The minimum absolute atomic E-state index is 0.00680. The van der Waals surface area contributed by atoms with E-state index < -0.39 is 23.9 Å². The van der Waals surface area contributed by atoms with Crippen molar-refractivity contribution in [1.29, 1.82) is 0 Å². The minimum Gasteiger partial charge on any atom is -0.445 e. The second-order valence-corrected chi connectivity index (χ2v) is 7.61. The van der Waals surface area contributed by atoms with Gasteiger partial charge in [-0.1, -0.05) is 64.5 Å². The van der Waals surface area contributed by atoms with Gasteiger partial charge in [-0.3, -0.25) is 4.79 Å². The molecule has 6 nitrogen and oxygen atoms in total. The molecule has 0 aliphatic carbocycles. The summed E-state index contributed by atoms with van der Waals surface area (Å²) in [6, 6.07) is 19.0. The van der Waals surface area contributed by atoms with Crippen molar-refractivity contribution in [3.05, 3.63) is 99.8 Å². The number of rotatable bonds is 7. The third-order valence-electron chi connectivity index (χ3n) is 4.44. The average molecular weight is 486 g/mol. The lowest BCUT2D eigenvalue weighted by Crippen LogP contribution is -2.37. The predicted molar refractivity (Wildman–Crippen MR) is 120 cm³/mol. The van der Waals surface area contributed by atoms with E-state index in [0.717, 1.165) is 11.1 Å². The van der Waals surface area contributed by atoms with Crippen LogP contribution in [-0.2, 0) is 22.7 Å². The van der Waals surface area contributed by atoms with Crippen LogP contribution < -0.4 is 16.4 Å². The van der Waals surface area contributed by atoms with Gasteiger partial charge in [0.2, 0.25) is 0 Å². The van der Waals surface area contributed by atoms with Crippen LogP contribution in [0.5, 0.6) is 0 Å². The van der Waals surface area contributed by atoms with Gasteiger partial charge in [0.05, 0.1) is 0 Å². The zero-order valence-electron chi connectivity index (χ0n) is 16.5. The summed E-state index contributed by atoms with van der Waals surface area (Å²) in [5.74, 6) is -1.26. The number of hydrogen-bond donors (Lipinski definition) is 3. The number of anilines is 1. The molecule has 2 amide bonds. The summed E-state index contributed by atoms with van der Waals surface area (Å²) in [7, 11) is 0. The Morgan fingerprint density at radius 1 is 1.00 bits per heavy atom. The molecule has 0 fully saturated rings. The van der Waals surface area contributed by atoms with E-state index in [1.54, 1.807) is 36.4 Å². The molecule has 3 aromatic carbocycles. The number of carbonyl (C=O) groups is 2. The lowest BCUT2D eigenvalue weighted by atomic mass is 10.1. The van der Waals surface area contributed by atoms with Crippen molar-refractivity contribution in [2.24, 2.45) is 5.73 Å². The van der Waals surface area contributed by atoms with Gasteiger partial charge in [-0.25, -0.2) is 9.18 Å².